The Balaban J connectivity index is 1.89. The molecule has 1 aromatic carbocycles. The van der Waals surface area contributed by atoms with Crippen LogP contribution in [0.2, 0.25) is 5.02 Å². The Hall–Kier alpha value is -1.55. The Morgan fingerprint density at radius 3 is 2.73 bits per heavy atom. The molecule has 1 amide bonds. The predicted molar refractivity (Wildman–Crippen MR) is 85.9 cm³/mol. The van der Waals surface area contributed by atoms with Gasteiger partial charge in [-0.15, -0.1) is 0 Å². The Bertz CT molecular complexity index is 546. The number of amides is 1. The van der Waals surface area contributed by atoms with Crippen LogP contribution < -0.4 is 5.32 Å². The van der Waals surface area contributed by atoms with E-state index in [-0.39, 0.29) is 11.9 Å². The molecule has 22 heavy (non-hydrogen) atoms. The molecule has 4 nitrogen and oxygen atoms in total. The first-order valence-electron chi connectivity index (χ1n) is 7.74. The van der Waals surface area contributed by atoms with E-state index in [1.807, 2.05) is 0 Å². The van der Waals surface area contributed by atoms with E-state index in [2.05, 4.69) is 12.2 Å². The standard InChI is InChI=1S/C17H22ClNO3/c1-11-6-3-4-9-15(11)19-16(20)12(2)22-17(21)13-7-5-8-14(18)10-13/h5,7-8,10-12,15H,3-4,6,9H2,1-2H3,(H,19,20)/t11-,12+,15-/m0/s1. The second-order valence-corrected chi connectivity index (χ2v) is 6.37. The predicted octanol–water partition coefficient (Wildman–Crippen LogP) is 3.58. The Morgan fingerprint density at radius 2 is 2.05 bits per heavy atom. The Labute approximate surface area is 136 Å². The molecule has 0 spiro atoms. The highest BCUT2D eigenvalue weighted by Crippen LogP contribution is 2.23. The molecule has 0 saturated heterocycles. The van der Waals surface area contributed by atoms with Gasteiger partial charge in [0.1, 0.15) is 0 Å². The lowest BCUT2D eigenvalue weighted by Crippen LogP contribution is -2.45. The molecule has 120 valence electrons. The molecule has 1 aliphatic carbocycles. The van der Waals surface area contributed by atoms with Crippen LogP contribution in [0.3, 0.4) is 0 Å². The van der Waals surface area contributed by atoms with E-state index in [1.165, 1.54) is 12.5 Å². The topological polar surface area (TPSA) is 55.4 Å². The van der Waals surface area contributed by atoms with Gasteiger partial charge in [0, 0.05) is 11.1 Å². The van der Waals surface area contributed by atoms with Crippen molar-refractivity contribution in [1.29, 1.82) is 0 Å². The summed E-state index contributed by atoms with van der Waals surface area (Å²) >= 11 is 5.85. The third-order valence-corrected chi connectivity index (χ3v) is 4.39. The minimum Gasteiger partial charge on any atom is -0.449 e. The number of esters is 1. The molecule has 5 heteroatoms. The molecule has 1 aliphatic rings. The Morgan fingerprint density at radius 1 is 1.32 bits per heavy atom. The van der Waals surface area contributed by atoms with E-state index in [0.717, 1.165) is 19.3 Å². The van der Waals surface area contributed by atoms with Gasteiger partial charge >= 0.3 is 5.97 Å². The van der Waals surface area contributed by atoms with E-state index in [0.29, 0.717) is 16.5 Å². The van der Waals surface area contributed by atoms with Crippen LogP contribution in [0, 0.1) is 5.92 Å². The van der Waals surface area contributed by atoms with E-state index >= 15 is 0 Å². The summed E-state index contributed by atoms with van der Waals surface area (Å²) in [6.07, 6.45) is 3.64. The highest BCUT2D eigenvalue weighted by atomic mass is 35.5. The fraction of sp³-hybridized carbons (Fsp3) is 0.529. The first-order chi connectivity index (χ1) is 10.5. The van der Waals surface area contributed by atoms with Crippen molar-refractivity contribution in [1.82, 2.24) is 5.32 Å². The smallest absolute Gasteiger partial charge is 0.338 e. The summed E-state index contributed by atoms with van der Waals surface area (Å²) < 4.78 is 5.22. The summed E-state index contributed by atoms with van der Waals surface area (Å²) in [5.74, 6) is -0.315. The third kappa shape index (κ3) is 4.47. The fourth-order valence-corrected chi connectivity index (χ4v) is 2.92. The average molecular weight is 324 g/mol. The molecular weight excluding hydrogens is 302 g/mol. The van der Waals surface area contributed by atoms with E-state index in [4.69, 9.17) is 16.3 Å². The second-order valence-electron chi connectivity index (χ2n) is 5.93. The molecule has 0 heterocycles. The van der Waals surface area contributed by atoms with Crippen LogP contribution in [-0.4, -0.2) is 24.0 Å². The maximum atomic E-state index is 12.2. The van der Waals surface area contributed by atoms with Crippen molar-refractivity contribution < 1.29 is 14.3 Å². The molecule has 0 unspecified atom stereocenters. The van der Waals surface area contributed by atoms with Crippen molar-refractivity contribution in [3.63, 3.8) is 0 Å². The number of halogens is 1. The Kier molecular flexibility index (Phi) is 5.83. The lowest BCUT2D eigenvalue weighted by Gasteiger charge is -2.30. The summed E-state index contributed by atoms with van der Waals surface area (Å²) in [4.78, 5) is 24.2. The highest BCUT2D eigenvalue weighted by molar-refractivity contribution is 6.30. The first kappa shape index (κ1) is 16.8. The number of ether oxygens (including phenoxy) is 1. The summed E-state index contributed by atoms with van der Waals surface area (Å²) in [7, 11) is 0. The van der Waals surface area contributed by atoms with Crippen molar-refractivity contribution in [2.75, 3.05) is 0 Å². The number of carbonyl (C=O) groups is 2. The highest BCUT2D eigenvalue weighted by Gasteiger charge is 2.26. The number of nitrogens with one attached hydrogen (secondary N) is 1. The summed E-state index contributed by atoms with van der Waals surface area (Å²) in [5, 5.41) is 3.46. The minimum absolute atomic E-state index is 0.175. The average Bonchev–Trinajstić information content (AvgIpc) is 2.49. The molecule has 1 fully saturated rings. The van der Waals surface area contributed by atoms with Gasteiger partial charge in [0.05, 0.1) is 5.56 Å². The van der Waals surface area contributed by atoms with Crippen LogP contribution in [0.4, 0.5) is 0 Å². The van der Waals surface area contributed by atoms with Crippen LogP contribution in [0.5, 0.6) is 0 Å². The van der Waals surface area contributed by atoms with Crippen LogP contribution in [0.25, 0.3) is 0 Å². The van der Waals surface area contributed by atoms with Crippen molar-refractivity contribution in [3.05, 3.63) is 34.9 Å². The lowest BCUT2D eigenvalue weighted by molar-refractivity contribution is -0.130. The van der Waals surface area contributed by atoms with Gasteiger partial charge in [-0.3, -0.25) is 4.79 Å². The summed E-state index contributed by atoms with van der Waals surface area (Å²) in [6.45, 7) is 3.73. The molecule has 1 N–H and O–H groups in total. The zero-order chi connectivity index (χ0) is 16.1. The lowest BCUT2D eigenvalue weighted by atomic mass is 9.86. The summed E-state index contributed by atoms with van der Waals surface area (Å²) in [5.41, 5.74) is 0.346. The molecule has 1 aromatic rings. The molecule has 0 aliphatic heterocycles. The third-order valence-electron chi connectivity index (χ3n) is 4.15. The number of benzene rings is 1. The van der Waals surface area contributed by atoms with Crippen LogP contribution >= 0.6 is 11.6 Å². The number of rotatable bonds is 4. The molecule has 0 aromatic heterocycles. The molecule has 1 saturated carbocycles. The monoisotopic (exact) mass is 323 g/mol. The van der Waals surface area contributed by atoms with Gasteiger partial charge < -0.3 is 10.1 Å². The van der Waals surface area contributed by atoms with Gasteiger partial charge in [-0.1, -0.05) is 37.4 Å². The molecule has 0 radical (unpaired) electrons. The quantitative estimate of drug-likeness (QED) is 0.862. The SMILES string of the molecule is C[C@@H](OC(=O)c1cccc(Cl)c1)C(=O)N[C@H]1CCCC[C@@H]1C. The second kappa shape index (κ2) is 7.63. The van der Waals surface area contributed by atoms with Crippen LogP contribution in [0.15, 0.2) is 24.3 Å². The maximum absolute atomic E-state index is 12.2. The van der Waals surface area contributed by atoms with E-state index in [1.54, 1.807) is 25.1 Å². The summed E-state index contributed by atoms with van der Waals surface area (Å²) in [6, 6.07) is 6.67. The zero-order valence-electron chi connectivity index (χ0n) is 13.0. The van der Waals surface area contributed by atoms with Crippen molar-refractivity contribution in [2.45, 2.75) is 51.7 Å². The van der Waals surface area contributed by atoms with Crippen LogP contribution in [0.1, 0.15) is 49.9 Å². The van der Waals surface area contributed by atoms with Gasteiger partial charge in [-0.25, -0.2) is 4.79 Å². The van der Waals surface area contributed by atoms with Gasteiger partial charge in [-0.05, 0) is 43.9 Å². The molecular formula is C17H22ClNO3. The number of carbonyl (C=O) groups excluding carboxylic acids is 2. The maximum Gasteiger partial charge on any atom is 0.338 e. The van der Waals surface area contributed by atoms with Gasteiger partial charge in [-0.2, -0.15) is 0 Å². The zero-order valence-corrected chi connectivity index (χ0v) is 13.7. The van der Waals surface area contributed by atoms with Crippen molar-refractivity contribution in [3.8, 4) is 0 Å². The van der Waals surface area contributed by atoms with Crippen molar-refractivity contribution >= 4 is 23.5 Å². The van der Waals surface area contributed by atoms with Crippen LogP contribution in [-0.2, 0) is 9.53 Å². The first-order valence-corrected chi connectivity index (χ1v) is 8.12. The normalized spacial score (nSPS) is 22.7. The van der Waals surface area contributed by atoms with Crippen molar-refractivity contribution in [2.24, 2.45) is 5.92 Å². The largest absolute Gasteiger partial charge is 0.449 e. The van der Waals surface area contributed by atoms with Gasteiger partial charge in [0.2, 0.25) is 0 Å². The number of hydrogen-bond donors (Lipinski definition) is 1. The fourth-order valence-electron chi connectivity index (χ4n) is 2.73. The molecule has 0 bridgehead atoms. The van der Waals surface area contributed by atoms with E-state index < -0.39 is 12.1 Å². The molecule has 2 rings (SSSR count). The number of hydrogen-bond acceptors (Lipinski definition) is 3. The minimum atomic E-state index is -0.819. The van der Waals surface area contributed by atoms with Gasteiger partial charge in [0.15, 0.2) is 6.10 Å². The van der Waals surface area contributed by atoms with E-state index in [9.17, 15) is 9.59 Å². The molecule has 3 atom stereocenters. The van der Waals surface area contributed by atoms with Gasteiger partial charge in [0.25, 0.3) is 5.91 Å².